The van der Waals surface area contributed by atoms with Gasteiger partial charge >= 0.3 is 0 Å². The Kier molecular flexibility index (Phi) is 6.56. The van der Waals surface area contributed by atoms with Crippen LogP contribution in [0.3, 0.4) is 0 Å². The monoisotopic (exact) mass is 440 g/mol. The predicted octanol–water partition coefficient (Wildman–Crippen LogP) is 4.28. The van der Waals surface area contributed by atoms with Crippen LogP contribution in [0.5, 0.6) is 0 Å². The number of anilines is 2. The zero-order valence-electron chi connectivity index (χ0n) is 19.1. The van der Waals surface area contributed by atoms with Gasteiger partial charge in [0.25, 0.3) is 11.8 Å². The molecule has 1 aliphatic heterocycles. The second-order valence-corrected chi connectivity index (χ2v) is 8.18. The Labute approximate surface area is 194 Å². The molecule has 0 saturated carbocycles. The lowest BCUT2D eigenvalue weighted by atomic mass is 9.89. The lowest BCUT2D eigenvalue weighted by molar-refractivity contribution is -0.110. The Hall–Kier alpha value is -3.90. The predicted molar refractivity (Wildman–Crippen MR) is 134 cm³/mol. The molecule has 6 heteroatoms. The molecule has 168 valence electrons. The summed E-state index contributed by atoms with van der Waals surface area (Å²) >= 11 is 0. The fraction of sp³-hybridized carbons (Fsp3) is 0.185. The number of carbonyl (C=O) groups is 2. The Bertz CT molecular complexity index is 1200. The number of fused-ring (bicyclic) bond motifs is 1. The molecule has 0 aromatic heterocycles. The summed E-state index contributed by atoms with van der Waals surface area (Å²) in [6, 6.07) is 23.4. The Morgan fingerprint density at radius 3 is 2.24 bits per heavy atom. The first-order valence-electron chi connectivity index (χ1n) is 11.0. The van der Waals surface area contributed by atoms with Crippen LogP contribution in [0.25, 0.3) is 11.1 Å². The highest BCUT2D eigenvalue weighted by Crippen LogP contribution is 2.40. The summed E-state index contributed by atoms with van der Waals surface area (Å²) < 4.78 is 0. The molecule has 0 fully saturated rings. The highest BCUT2D eigenvalue weighted by Gasteiger charge is 2.29. The van der Waals surface area contributed by atoms with Crippen molar-refractivity contribution in [2.45, 2.75) is 6.92 Å². The van der Waals surface area contributed by atoms with Crippen LogP contribution in [0.1, 0.15) is 34.0 Å². The van der Waals surface area contributed by atoms with Crippen molar-refractivity contribution in [2.24, 2.45) is 0 Å². The molecule has 3 N–H and O–H groups in total. The Balaban J connectivity index is 1.81. The van der Waals surface area contributed by atoms with Crippen molar-refractivity contribution < 1.29 is 9.59 Å². The second kappa shape index (κ2) is 9.71. The second-order valence-electron chi connectivity index (χ2n) is 8.18. The maximum absolute atomic E-state index is 13.2. The van der Waals surface area contributed by atoms with Crippen molar-refractivity contribution in [1.29, 1.82) is 0 Å². The van der Waals surface area contributed by atoms with Crippen LogP contribution in [0.2, 0.25) is 0 Å². The van der Waals surface area contributed by atoms with Crippen molar-refractivity contribution >= 4 is 34.3 Å². The van der Waals surface area contributed by atoms with Gasteiger partial charge in [0.15, 0.2) is 0 Å². The minimum Gasteiger partial charge on any atom is -0.372 e. The highest BCUT2D eigenvalue weighted by atomic mass is 16.2. The smallest absolute Gasteiger partial charge is 0.257 e. The molecule has 6 nitrogen and oxygen atoms in total. The minimum atomic E-state index is -0.174. The van der Waals surface area contributed by atoms with E-state index in [0.717, 1.165) is 34.6 Å². The SMILES string of the molecule is CCNC(=O)c1ccc2c(c1)NC(=O)/C2=C(\c1ccccc1)c1ccc(NCN(C)C)cc1. The van der Waals surface area contributed by atoms with Crippen LogP contribution >= 0.6 is 0 Å². The van der Waals surface area contributed by atoms with Gasteiger partial charge in [0, 0.05) is 34.6 Å². The van der Waals surface area contributed by atoms with Gasteiger partial charge in [0.2, 0.25) is 0 Å². The van der Waals surface area contributed by atoms with E-state index in [1.54, 1.807) is 12.1 Å². The molecule has 4 rings (SSSR count). The summed E-state index contributed by atoms with van der Waals surface area (Å²) in [6.07, 6.45) is 0. The molecule has 3 aromatic carbocycles. The lowest BCUT2D eigenvalue weighted by Gasteiger charge is -2.15. The fourth-order valence-electron chi connectivity index (χ4n) is 3.89. The molecular formula is C27H28N4O2. The van der Waals surface area contributed by atoms with Crippen LogP contribution < -0.4 is 16.0 Å². The van der Waals surface area contributed by atoms with E-state index >= 15 is 0 Å². The number of carbonyl (C=O) groups excluding carboxylic acids is 2. The third-order valence-corrected chi connectivity index (χ3v) is 5.45. The number of nitrogens with zero attached hydrogens (tertiary/aromatic N) is 1. The zero-order chi connectivity index (χ0) is 23.4. The van der Waals surface area contributed by atoms with Crippen LogP contribution in [0.4, 0.5) is 11.4 Å². The van der Waals surface area contributed by atoms with E-state index in [9.17, 15) is 9.59 Å². The number of hydrogen-bond donors (Lipinski definition) is 3. The third-order valence-electron chi connectivity index (χ3n) is 5.45. The summed E-state index contributed by atoms with van der Waals surface area (Å²) in [5, 5.41) is 9.12. The number of hydrogen-bond acceptors (Lipinski definition) is 4. The molecule has 33 heavy (non-hydrogen) atoms. The minimum absolute atomic E-state index is 0.156. The molecule has 1 aliphatic rings. The first-order valence-corrected chi connectivity index (χ1v) is 11.0. The average molecular weight is 441 g/mol. The van der Waals surface area contributed by atoms with Crippen molar-refractivity contribution in [1.82, 2.24) is 10.2 Å². The van der Waals surface area contributed by atoms with Crippen molar-refractivity contribution in [3.8, 4) is 0 Å². The Morgan fingerprint density at radius 1 is 0.909 bits per heavy atom. The van der Waals surface area contributed by atoms with E-state index in [4.69, 9.17) is 0 Å². The fourth-order valence-corrected chi connectivity index (χ4v) is 3.89. The van der Waals surface area contributed by atoms with Crippen LogP contribution in [-0.4, -0.2) is 44.0 Å². The molecule has 0 spiro atoms. The van der Waals surface area contributed by atoms with Gasteiger partial charge in [-0.05, 0) is 56.4 Å². The van der Waals surface area contributed by atoms with Crippen molar-refractivity contribution in [2.75, 3.05) is 37.9 Å². The summed E-state index contributed by atoms with van der Waals surface area (Å²) in [4.78, 5) is 27.5. The summed E-state index contributed by atoms with van der Waals surface area (Å²) in [6.45, 7) is 3.15. The van der Waals surface area contributed by atoms with Gasteiger partial charge in [0.1, 0.15) is 0 Å². The third kappa shape index (κ3) is 4.81. The summed E-state index contributed by atoms with van der Waals surface area (Å²) in [5.41, 5.74) is 6.34. The van der Waals surface area contributed by atoms with Gasteiger partial charge in [-0.2, -0.15) is 0 Å². The molecule has 0 atom stereocenters. The van der Waals surface area contributed by atoms with Crippen LogP contribution in [-0.2, 0) is 4.79 Å². The van der Waals surface area contributed by atoms with Gasteiger partial charge in [-0.3, -0.25) is 14.5 Å². The maximum Gasteiger partial charge on any atom is 0.257 e. The topological polar surface area (TPSA) is 73.5 Å². The average Bonchev–Trinajstić information content (AvgIpc) is 3.14. The molecule has 0 bridgehead atoms. The highest BCUT2D eigenvalue weighted by molar-refractivity contribution is 6.38. The van der Waals surface area contributed by atoms with Crippen molar-refractivity contribution in [3.63, 3.8) is 0 Å². The lowest BCUT2D eigenvalue weighted by Crippen LogP contribution is -2.22. The maximum atomic E-state index is 13.2. The Morgan fingerprint density at radius 2 is 1.58 bits per heavy atom. The molecule has 1 heterocycles. The van der Waals surface area contributed by atoms with Gasteiger partial charge in [-0.1, -0.05) is 48.5 Å². The molecule has 0 aliphatic carbocycles. The molecular weight excluding hydrogens is 412 g/mol. The largest absolute Gasteiger partial charge is 0.372 e. The van der Waals surface area contributed by atoms with E-state index in [2.05, 4.69) is 20.9 Å². The first kappa shape index (κ1) is 22.3. The summed E-state index contributed by atoms with van der Waals surface area (Å²) in [7, 11) is 4.01. The molecule has 2 amide bonds. The van der Waals surface area contributed by atoms with E-state index in [1.165, 1.54) is 0 Å². The number of rotatable bonds is 7. The standard InChI is InChI=1S/C27H28N4O2/c1-4-28-26(32)20-12-15-22-23(16-20)30-27(33)25(22)24(18-8-6-5-7-9-18)19-10-13-21(14-11-19)29-17-31(2)3/h5-16,29H,4,17H2,1-3H3,(H,28,32)(H,30,33)/b25-24+. The molecule has 0 saturated heterocycles. The number of nitrogens with one attached hydrogen (secondary N) is 3. The summed E-state index contributed by atoms with van der Waals surface area (Å²) in [5.74, 6) is -0.331. The number of amides is 2. The molecule has 3 aromatic rings. The normalized spacial score (nSPS) is 14.0. The van der Waals surface area contributed by atoms with E-state index in [0.29, 0.717) is 23.4 Å². The van der Waals surface area contributed by atoms with Gasteiger partial charge in [0.05, 0.1) is 12.2 Å². The molecule has 0 radical (unpaired) electrons. The zero-order valence-corrected chi connectivity index (χ0v) is 19.1. The van der Waals surface area contributed by atoms with E-state index < -0.39 is 0 Å². The quantitative estimate of drug-likeness (QED) is 0.379. The van der Waals surface area contributed by atoms with Crippen LogP contribution in [0.15, 0.2) is 72.8 Å². The van der Waals surface area contributed by atoms with Gasteiger partial charge in [-0.15, -0.1) is 0 Å². The van der Waals surface area contributed by atoms with Crippen LogP contribution in [0, 0.1) is 0 Å². The number of benzene rings is 3. The van der Waals surface area contributed by atoms with E-state index in [1.807, 2.05) is 81.7 Å². The first-order chi connectivity index (χ1) is 16.0. The van der Waals surface area contributed by atoms with Crippen molar-refractivity contribution in [3.05, 3.63) is 95.1 Å². The van der Waals surface area contributed by atoms with Gasteiger partial charge < -0.3 is 16.0 Å². The molecule has 0 unspecified atom stereocenters. The van der Waals surface area contributed by atoms with Gasteiger partial charge in [-0.25, -0.2) is 0 Å². The van der Waals surface area contributed by atoms with E-state index in [-0.39, 0.29) is 11.8 Å².